The van der Waals surface area contributed by atoms with Gasteiger partial charge >= 0.3 is 0 Å². The van der Waals surface area contributed by atoms with Gasteiger partial charge in [0.2, 0.25) is 0 Å². The maximum atomic E-state index is 9.08. The molecule has 0 aliphatic rings. The van der Waals surface area contributed by atoms with E-state index < -0.39 is 43.9 Å². The summed E-state index contributed by atoms with van der Waals surface area (Å²) in [6, 6.07) is 43.6. The number of hydrogen-bond acceptors (Lipinski definition) is 11. The maximum absolute atomic E-state index is 9.08. The van der Waals surface area contributed by atoms with E-state index in [4.69, 9.17) is 89.1 Å². The molecule has 0 fully saturated rings. The van der Waals surface area contributed by atoms with Crippen LogP contribution in [-0.4, -0.2) is 100 Å². The number of para-hydroxylation sites is 2. The van der Waals surface area contributed by atoms with Crippen LogP contribution in [0.1, 0.15) is 67.7 Å². The van der Waals surface area contributed by atoms with Gasteiger partial charge in [-0.25, -0.2) is 8.42 Å². The number of terminal acetylenes is 1. The fraction of sp³-hybridized carbons (Fsp3) is 0.143. The van der Waals surface area contributed by atoms with Crippen molar-refractivity contribution in [3.63, 3.8) is 0 Å². The van der Waals surface area contributed by atoms with E-state index >= 15 is 0 Å². The number of rotatable bonds is 5. The molecule has 0 spiro atoms. The number of aliphatic hydroxyl groups excluding tert-OH is 2. The molecular weight excluding hydrogens is 1480 g/mol. The van der Waals surface area contributed by atoms with Crippen molar-refractivity contribution in [1.82, 2.24) is 19.9 Å². The number of furan rings is 2. The van der Waals surface area contributed by atoms with E-state index in [1.165, 1.54) is 43.7 Å². The molecular formula is C70H64B5Ir2N4O7S-4. The van der Waals surface area contributed by atoms with Crippen LogP contribution < -0.4 is 0 Å². The number of pyridine rings is 4. The second kappa shape index (κ2) is 40.6. The van der Waals surface area contributed by atoms with Crippen LogP contribution in [0.5, 0.6) is 0 Å². The molecule has 0 amide bonds. The maximum Gasteiger partial charge on any atom is 0.136 e. The van der Waals surface area contributed by atoms with Gasteiger partial charge in [-0.2, -0.15) is 0 Å². The predicted molar refractivity (Wildman–Crippen MR) is 361 cm³/mol. The summed E-state index contributed by atoms with van der Waals surface area (Å²) in [7, 11) is 13.9. The molecule has 9 radical (unpaired) electrons. The topological polar surface area (TPSA) is 175 Å². The van der Waals surface area contributed by atoms with Crippen LogP contribution in [0.25, 0.3) is 88.9 Å². The summed E-state index contributed by atoms with van der Waals surface area (Å²) in [6.45, 7) is -3.57. The summed E-state index contributed by atoms with van der Waals surface area (Å²) in [5.74, 6) is 7.08. The van der Waals surface area contributed by atoms with Gasteiger partial charge in [-0.15, -0.1) is 94.9 Å². The fourth-order valence-electron chi connectivity index (χ4n) is 7.22. The zero-order valence-corrected chi connectivity index (χ0v) is 54.1. The van der Waals surface area contributed by atoms with Crippen molar-refractivity contribution in [2.24, 2.45) is 0 Å². The Morgan fingerprint density at radius 2 is 1.09 bits per heavy atom. The van der Waals surface area contributed by atoms with Gasteiger partial charge in [0.25, 0.3) is 0 Å². The molecule has 0 aliphatic carbocycles. The zero-order chi connectivity index (χ0) is 80.9. The number of benzene rings is 6. The average Bonchev–Trinajstić information content (AvgIpc) is 1.65. The van der Waals surface area contributed by atoms with E-state index in [9.17, 15) is 0 Å². The summed E-state index contributed by atoms with van der Waals surface area (Å²) >= 11 is 0. The first kappa shape index (κ1) is 49.9. The molecule has 0 bridgehead atoms. The SMILES string of the molecule is C#CC#CC.CO.CO.CS(=O)(=O)[O-].[2H]C([2H])([2H])c1c[c-]c(-c2cc(C)c(C([2H])([2H])[2H])cn2)cc1.[2H]C([2H])([2H])c1c[c-]c(-c2cc(C)c(C([2H])([2H])[2H])cn2)cc1.[2H]c1nc(-c2[c-]ccc3oc4ccccc4c23)c([2H])c([2H])c1[2H].[2H]c1nc(-c2cccc3oc4ccccc4c23)c([2H])c([2H])c1[2H].[B][B]B([B])[B].[Ir].[Ir]. The zero-order valence-electron chi connectivity index (χ0n) is 68.5. The Kier molecular flexibility index (Phi) is 22.8. The third-order valence-corrected chi connectivity index (χ3v) is 11.0. The van der Waals surface area contributed by atoms with Crippen LogP contribution >= 0.6 is 0 Å². The minimum Gasteiger partial charge on any atom is -0.748 e. The van der Waals surface area contributed by atoms with Crippen LogP contribution in [0.2, 0.25) is 0 Å². The van der Waals surface area contributed by atoms with Crippen molar-refractivity contribution in [2.75, 3.05) is 20.5 Å². The molecule has 0 aliphatic heterocycles. The first-order chi connectivity index (χ1) is 50.0. The van der Waals surface area contributed by atoms with Gasteiger partial charge in [0.1, 0.15) is 16.7 Å². The molecule has 11 nitrogen and oxygen atoms in total. The van der Waals surface area contributed by atoms with Gasteiger partial charge in [0.05, 0.1) is 32.4 Å². The Morgan fingerprint density at radius 3 is 1.52 bits per heavy atom. The number of hydrogen-bond donors (Lipinski definition) is 2. The minimum atomic E-state index is -3.92. The Hall–Kier alpha value is -7.91. The molecule has 89 heavy (non-hydrogen) atoms. The molecule has 0 atom stereocenters. The molecule has 0 unspecified atom stereocenters. The van der Waals surface area contributed by atoms with Gasteiger partial charge < -0.3 is 38.6 Å². The number of aliphatic hydroxyl groups is 2. The average molecular weight is 1560 g/mol. The molecule has 0 saturated heterocycles. The van der Waals surface area contributed by atoms with E-state index in [-0.39, 0.29) is 122 Å². The molecule has 19 heteroatoms. The summed E-state index contributed by atoms with van der Waals surface area (Å²) < 4.78 is 190. The van der Waals surface area contributed by atoms with E-state index in [0.717, 1.165) is 41.3 Å². The summed E-state index contributed by atoms with van der Waals surface area (Å²) in [5.41, 5.74) is 8.77. The fourth-order valence-corrected chi connectivity index (χ4v) is 7.22. The predicted octanol–water partition coefficient (Wildman–Crippen LogP) is 13.2. The van der Waals surface area contributed by atoms with Crippen LogP contribution in [0.4, 0.5) is 0 Å². The van der Waals surface area contributed by atoms with Crippen molar-refractivity contribution in [2.45, 2.75) is 48.2 Å². The summed E-state index contributed by atoms with van der Waals surface area (Å²) in [5, 5.41) is 17.3. The Labute approximate surface area is 585 Å². The second-order valence-electron chi connectivity index (χ2n) is 17.1. The van der Waals surface area contributed by atoms with Gasteiger partial charge in [-0.1, -0.05) is 121 Å². The Bertz CT molecular complexity index is 4960. The van der Waals surface area contributed by atoms with Crippen molar-refractivity contribution in [3.05, 3.63) is 240 Å². The van der Waals surface area contributed by atoms with Crippen LogP contribution in [0.3, 0.4) is 0 Å². The van der Waals surface area contributed by atoms with Crippen molar-refractivity contribution < 1.29 is 99.6 Å². The molecule has 2 N–H and O–H groups in total. The molecule has 0 saturated carbocycles. The summed E-state index contributed by atoms with van der Waals surface area (Å²) in [6.07, 6.45) is 6.91. The van der Waals surface area contributed by atoms with Crippen LogP contribution in [0.15, 0.2) is 197 Å². The normalized spacial score (nSPS) is 13.4. The number of aryl methyl sites for hydroxylation is 6. The molecule has 6 aromatic carbocycles. The molecule has 6 heterocycles. The second-order valence-corrected chi connectivity index (χ2v) is 18.5. The number of nitrogens with zero attached hydrogens (tertiary/aromatic N) is 4. The minimum absolute atomic E-state index is 0. The van der Waals surface area contributed by atoms with Crippen molar-refractivity contribution in [3.8, 4) is 69.2 Å². The van der Waals surface area contributed by atoms with E-state index in [1.807, 2.05) is 54.6 Å². The van der Waals surface area contributed by atoms with Crippen molar-refractivity contribution >= 4 is 90.7 Å². The van der Waals surface area contributed by atoms with Gasteiger partial charge in [-0.3, -0.25) is 4.98 Å². The molecule has 6 aromatic heterocycles. The number of aromatic nitrogens is 4. The Morgan fingerprint density at radius 1 is 0.629 bits per heavy atom. The smallest absolute Gasteiger partial charge is 0.136 e. The summed E-state index contributed by atoms with van der Waals surface area (Å²) in [4.78, 5) is 16.4. The van der Waals surface area contributed by atoms with Crippen LogP contribution in [0, 0.1) is 83.6 Å². The molecule has 12 rings (SSSR count). The Balaban J connectivity index is 0.000000454. The standard InChI is InChI=1S/C17H11NO.C17H10NO.2C14H14N.C5H4.CH4O3S.2CH4O.B5.2Ir/c2*1-2-9-15-13(6-1)17-12(7-5-10-16(17)19-15)14-8-3-4-11-18-14;2*1-10-4-6-13(7-5-10)14-8-11(2)12(3)9-15-14;1-3-5-4-2;1-5(2,3)4;2*1-2;1-4-5(2)3;;/h1-11H;1-6,8-11H;2*4-6,8-9H,1-3H3;1H,2H3;1H3,(H,2,3,4);2*2H,1H3;;;/q;3*-1;;;;;;;/p-1/i2*3D,4D,8D,11D;2*1D3,3D3;;;;;;;. The van der Waals surface area contributed by atoms with Gasteiger partial charge in [0, 0.05) is 155 Å². The first-order valence-corrected chi connectivity index (χ1v) is 27.2. The number of fused-ring (bicyclic) bond motifs is 6. The van der Waals surface area contributed by atoms with E-state index in [2.05, 4.69) is 55.9 Å². The van der Waals surface area contributed by atoms with Gasteiger partial charge in [0.15, 0.2) is 0 Å². The monoisotopic (exact) mass is 1570 g/mol. The quantitative estimate of drug-likeness (QED) is 0.0726. The molecule has 12 aromatic rings. The molecule has 449 valence electrons. The van der Waals surface area contributed by atoms with Crippen molar-refractivity contribution in [1.29, 1.82) is 0 Å². The first-order valence-electron chi connectivity index (χ1n) is 35.4. The third kappa shape index (κ3) is 24.9. The third-order valence-electron chi connectivity index (χ3n) is 11.0. The van der Waals surface area contributed by atoms with E-state index in [1.54, 1.807) is 69.3 Å². The van der Waals surface area contributed by atoms with E-state index in [0.29, 0.717) is 67.8 Å². The van der Waals surface area contributed by atoms with Crippen LogP contribution in [-0.2, 0) is 50.3 Å². The largest absolute Gasteiger partial charge is 0.748 e. The van der Waals surface area contributed by atoms with Gasteiger partial charge in [-0.05, 0) is 116 Å².